The predicted octanol–water partition coefficient (Wildman–Crippen LogP) is 3.62. The molecule has 0 spiro atoms. The maximum absolute atomic E-state index is 12.1. The molecule has 1 atom stereocenters. The average molecular weight is 200 g/mol. The number of carbonyl (C=O) groups is 1. The second-order valence-electron chi connectivity index (χ2n) is 4.19. The molecule has 0 aliphatic heterocycles. The second-order valence-corrected chi connectivity index (χ2v) is 4.19. The van der Waals surface area contributed by atoms with Crippen LogP contribution in [-0.2, 0) is 0 Å². The summed E-state index contributed by atoms with van der Waals surface area (Å²) < 4.78 is 0. The molecule has 0 bridgehead atoms. The van der Waals surface area contributed by atoms with Crippen molar-refractivity contribution in [2.24, 2.45) is 5.92 Å². The lowest BCUT2D eigenvalue weighted by Crippen LogP contribution is -2.19. The minimum Gasteiger partial charge on any atom is -0.294 e. The Bertz CT molecular complexity index is 364. The van der Waals surface area contributed by atoms with Crippen molar-refractivity contribution in [1.82, 2.24) is 0 Å². The standard InChI is InChI=1S/C14H16O/c1-11-7-5-6-10-13(11)14(15)12-8-3-2-4-9-12/h2-4,8-9,13H,1,5-7,10H2. The summed E-state index contributed by atoms with van der Waals surface area (Å²) in [5.74, 6) is 0.321. The highest BCUT2D eigenvalue weighted by molar-refractivity contribution is 5.99. The fourth-order valence-electron chi connectivity index (χ4n) is 2.20. The van der Waals surface area contributed by atoms with E-state index >= 15 is 0 Å². The van der Waals surface area contributed by atoms with Crippen LogP contribution < -0.4 is 0 Å². The van der Waals surface area contributed by atoms with Crippen LogP contribution in [0.25, 0.3) is 0 Å². The Balaban J connectivity index is 2.17. The summed E-state index contributed by atoms with van der Waals surface area (Å²) in [5.41, 5.74) is 1.95. The SMILES string of the molecule is C=C1CCCCC1C(=O)c1ccccc1. The third kappa shape index (κ3) is 2.17. The van der Waals surface area contributed by atoms with Crippen LogP contribution in [0.3, 0.4) is 0 Å². The van der Waals surface area contributed by atoms with Crippen LogP contribution >= 0.6 is 0 Å². The van der Waals surface area contributed by atoms with Gasteiger partial charge in [0.2, 0.25) is 0 Å². The molecule has 1 aromatic rings. The predicted molar refractivity (Wildman–Crippen MR) is 61.9 cm³/mol. The Kier molecular flexibility index (Phi) is 3.00. The Morgan fingerprint density at radius 2 is 1.93 bits per heavy atom. The Labute approximate surface area is 90.8 Å². The topological polar surface area (TPSA) is 17.1 Å². The third-order valence-corrected chi connectivity index (χ3v) is 3.11. The molecule has 78 valence electrons. The molecule has 1 aromatic carbocycles. The van der Waals surface area contributed by atoms with E-state index in [9.17, 15) is 4.79 Å². The summed E-state index contributed by atoms with van der Waals surface area (Å²) in [7, 11) is 0. The van der Waals surface area contributed by atoms with Crippen molar-refractivity contribution >= 4 is 5.78 Å². The molecule has 0 amide bonds. The number of hydrogen-bond donors (Lipinski definition) is 0. The molecule has 1 aliphatic carbocycles. The summed E-state index contributed by atoms with van der Waals surface area (Å²) in [5, 5.41) is 0. The quantitative estimate of drug-likeness (QED) is 0.526. The van der Waals surface area contributed by atoms with Gasteiger partial charge in [-0.25, -0.2) is 0 Å². The molecule has 1 unspecified atom stereocenters. The number of ketones is 1. The fraction of sp³-hybridized carbons (Fsp3) is 0.357. The van der Waals surface area contributed by atoms with E-state index in [-0.39, 0.29) is 11.7 Å². The molecule has 0 N–H and O–H groups in total. The number of hydrogen-bond acceptors (Lipinski definition) is 1. The van der Waals surface area contributed by atoms with Crippen LogP contribution in [-0.4, -0.2) is 5.78 Å². The lowest BCUT2D eigenvalue weighted by molar-refractivity contribution is 0.0924. The highest BCUT2D eigenvalue weighted by Gasteiger charge is 2.24. The third-order valence-electron chi connectivity index (χ3n) is 3.11. The zero-order chi connectivity index (χ0) is 10.7. The van der Waals surface area contributed by atoms with Crippen molar-refractivity contribution in [1.29, 1.82) is 0 Å². The summed E-state index contributed by atoms with van der Waals surface area (Å²) in [4.78, 5) is 12.1. The van der Waals surface area contributed by atoms with Gasteiger partial charge in [-0.2, -0.15) is 0 Å². The number of benzene rings is 1. The summed E-state index contributed by atoms with van der Waals surface area (Å²) in [6, 6.07) is 9.55. The van der Waals surface area contributed by atoms with E-state index in [1.54, 1.807) is 0 Å². The van der Waals surface area contributed by atoms with Crippen LogP contribution in [0.4, 0.5) is 0 Å². The average Bonchev–Trinajstić information content (AvgIpc) is 2.30. The first-order chi connectivity index (χ1) is 7.29. The molecule has 2 rings (SSSR count). The van der Waals surface area contributed by atoms with Crippen molar-refractivity contribution in [3.05, 3.63) is 48.0 Å². The first-order valence-corrected chi connectivity index (χ1v) is 5.56. The molecule has 0 saturated heterocycles. The zero-order valence-electron chi connectivity index (χ0n) is 8.91. The van der Waals surface area contributed by atoms with Crippen molar-refractivity contribution < 1.29 is 4.79 Å². The van der Waals surface area contributed by atoms with E-state index in [2.05, 4.69) is 6.58 Å². The lowest BCUT2D eigenvalue weighted by atomic mass is 9.80. The van der Waals surface area contributed by atoms with Gasteiger partial charge in [0.25, 0.3) is 0 Å². The molecule has 1 aliphatic rings. The van der Waals surface area contributed by atoms with Gasteiger partial charge in [-0.15, -0.1) is 0 Å². The molecule has 0 radical (unpaired) electrons. The monoisotopic (exact) mass is 200 g/mol. The van der Waals surface area contributed by atoms with Crippen LogP contribution in [0.1, 0.15) is 36.0 Å². The number of carbonyl (C=O) groups excluding carboxylic acids is 1. The number of allylic oxidation sites excluding steroid dienone is 1. The highest BCUT2D eigenvalue weighted by Crippen LogP contribution is 2.30. The van der Waals surface area contributed by atoms with Gasteiger partial charge in [0.05, 0.1) is 0 Å². The molecular weight excluding hydrogens is 184 g/mol. The molecule has 1 fully saturated rings. The van der Waals surface area contributed by atoms with E-state index in [1.807, 2.05) is 30.3 Å². The lowest BCUT2D eigenvalue weighted by Gasteiger charge is -2.23. The molecule has 1 saturated carbocycles. The van der Waals surface area contributed by atoms with Crippen LogP contribution in [0.2, 0.25) is 0 Å². The summed E-state index contributed by atoms with van der Waals surface area (Å²) >= 11 is 0. The minimum absolute atomic E-state index is 0.0705. The van der Waals surface area contributed by atoms with Crippen molar-refractivity contribution in [2.75, 3.05) is 0 Å². The Morgan fingerprint density at radius 1 is 1.20 bits per heavy atom. The molecule has 1 nitrogen and oxygen atoms in total. The largest absolute Gasteiger partial charge is 0.294 e. The minimum atomic E-state index is 0.0705. The van der Waals surface area contributed by atoms with Gasteiger partial charge in [-0.3, -0.25) is 4.79 Å². The smallest absolute Gasteiger partial charge is 0.169 e. The second kappa shape index (κ2) is 4.43. The fourth-order valence-corrected chi connectivity index (χ4v) is 2.20. The van der Waals surface area contributed by atoms with Crippen molar-refractivity contribution in [3.8, 4) is 0 Å². The maximum Gasteiger partial charge on any atom is 0.169 e. The molecule has 1 heteroatoms. The van der Waals surface area contributed by atoms with Gasteiger partial charge in [0.15, 0.2) is 5.78 Å². The highest BCUT2D eigenvalue weighted by atomic mass is 16.1. The number of Topliss-reactive ketones (excluding diaryl/α,β-unsaturated/α-hetero) is 1. The van der Waals surface area contributed by atoms with E-state index < -0.39 is 0 Å². The van der Waals surface area contributed by atoms with Crippen molar-refractivity contribution in [2.45, 2.75) is 25.7 Å². The Hall–Kier alpha value is -1.37. The van der Waals surface area contributed by atoms with Gasteiger partial charge in [-0.1, -0.05) is 48.9 Å². The van der Waals surface area contributed by atoms with Gasteiger partial charge in [-0.05, 0) is 19.3 Å². The first kappa shape index (κ1) is 10.2. The van der Waals surface area contributed by atoms with E-state index in [1.165, 1.54) is 6.42 Å². The number of rotatable bonds is 2. The maximum atomic E-state index is 12.1. The summed E-state index contributed by atoms with van der Waals surface area (Å²) in [6.07, 6.45) is 4.34. The molecule has 0 heterocycles. The van der Waals surface area contributed by atoms with Crippen LogP contribution in [0.15, 0.2) is 42.5 Å². The van der Waals surface area contributed by atoms with Gasteiger partial charge >= 0.3 is 0 Å². The molecule has 0 aromatic heterocycles. The van der Waals surface area contributed by atoms with Gasteiger partial charge in [0, 0.05) is 11.5 Å². The van der Waals surface area contributed by atoms with Crippen LogP contribution in [0.5, 0.6) is 0 Å². The normalized spacial score (nSPS) is 21.3. The molecule has 15 heavy (non-hydrogen) atoms. The van der Waals surface area contributed by atoms with Crippen molar-refractivity contribution in [3.63, 3.8) is 0 Å². The first-order valence-electron chi connectivity index (χ1n) is 5.56. The zero-order valence-corrected chi connectivity index (χ0v) is 8.91. The van der Waals surface area contributed by atoms with E-state index in [4.69, 9.17) is 0 Å². The summed E-state index contributed by atoms with van der Waals surface area (Å²) in [6.45, 7) is 4.02. The van der Waals surface area contributed by atoms with Gasteiger partial charge in [0.1, 0.15) is 0 Å². The van der Waals surface area contributed by atoms with Crippen LogP contribution in [0, 0.1) is 5.92 Å². The van der Waals surface area contributed by atoms with Gasteiger partial charge < -0.3 is 0 Å². The van der Waals surface area contributed by atoms with E-state index in [0.29, 0.717) is 0 Å². The molecular formula is C14H16O. The Morgan fingerprint density at radius 3 is 2.60 bits per heavy atom. The van der Waals surface area contributed by atoms with E-state index in [0.717, 1.165) is 30.4 Å².